The molecule has 0 bridgehead atoms. The van der Waals surface area contributed by atoms with Crippen molar-refractivity contribution in [1.29, 1.82) is 0 Å². The third-order valence-corrected chi connectivity index (χ3v) is 3.21. The van der Waals surface area contributed by atoms with E-state index in [-0.39, 0.29) is 17.0 Å². The van der Waals surface area contributed by atoms with Crippen LogP contribution in [0.4, 0.5) is 10.2 Å². The molecule has 0 aromatic carbocycles. The molecule has 1 aliphatic rings. The second kappa shape index (κ2) is 4.59. The van der Waals surface area contributed by atoms with E-state index < -0.39 is 37.2 Å². The van der Waals surface area contributed by atoms with Gasteiger partial charge in [-0.25, -0.2) is 4.98 Å². The van der Waals surface area contributed by atoms with Gasteiger partial charge in [-0.3, -0.25) is 4.57 Å². The molecule has 2 aromatic rings. The van der Waals surface area contributed by atoms with E-state index >= 15 is 0 Å². The fourth-order valence-corrected chi connectivity index (χ4v) is 2.21. The first-order chi connectivity index (χ1) is 9.52. The maximum atomic E-state index is 13.2. The van der Waals surface area contributed by atoms with Crippen molar-refractivity contribution in [2.24, 2.45) is 0 Å². The van der Waals surface area contributed by atoms with Crippen LogP contribution in [0.1, 0.15) is 6.23 Å². The number of fused-ring (bicyclic) bond motifs is 1. The summed E-state index contributed by atoms with van der Waals surface area (Å²) < 4.78 is 19.8. The van der Waals surface area contributed by atoms with Crippen LogP contribution in [0.25, 0.3) is 11.2 Å². The largest absolute Gasteiger partial charge is 0.394 e. The second-order valence-electron chi connectivity index (χ2n) is 4.43. The van der Waals surface area contributed by atoms with E-state index in [2.05, 4.69) is 15.0 Å². The van der Waals surface area contributed by atoms with E-state index in [0.29, 0.717) is 0 Å². The number of aliphatic hydroxyl groups is 3. The van der Waals surface area contributed by atoms with E-state index in [4.69, 9.17) is 15.6 Å². The Morgan fingerprint density at radius 3 is 2.75 bits per heavy atom. The van der Waals surface area contributed by atoms with Crippen LogP contribution < -0.4 is 5.73 Å². The molecule has 0 spiro atoms. The number of nitrogens with zero attached hydrogens (tertiary/aromatic N) is 4. The number of halogens is 1. The molecule has 1 saturated heterocycles. The van der Waals surface area contributed by atoms with Crippen LogP contribution in [-0.2, 0) is 4.74 Å². The van der Waals surface area contributed by atoms with Crippen molar-refractivity contribution in [3.8, 4) is 0 Å². The van der Waals surface area contributed by atoms with Gasteiger partial charge in [-0.15, -0.1) is 0 Å². The third-order valence-electron chi connectivity index (χ3n) is 3.21. The van der Waals surface area contributed by atoms with Crippen LogP contribution >= 0.6 is 0 Å². The van der Waals surface area contributed by atoms with Crippen LogP contribution in [-0.4, -0.2) is 59.8 Å². The van der Waals surface area contributed by atoms with E-state index in [1.165, 1.54) is 10.9 Å². The van der Waals surface area contributed by atoms with Crippen LogP contribution in [0.3, 0.4) is 0 Å². The van der Waals surface area contributed by atoms with E-state index in [0.717, 1.165) is 0 Å². The lowest BCUT2D eigenvalue weighted by molar-refractivity contribution is -0.0511. The van der Waals surface area contributed by atoms with Gasteiger partial charge in [0.25, 0.3) is 0 Å². The van der Waals surface area contributed by atoms with Crippen molar-refractivity contribution in [1.82, 2.24) is 19.5 Å². The van der Waals surface area contributed by atoms with Crippen molar-refractivity contribution < 1.29 is 24.4 Å². The molecule has 0 saturated carbocycles. The minimum atomic E-state index is -1.32. The Labute approximate surface area is 111 Å². The molecule has 0 radical (unpaired) electrons. The minimum absolute atomic E-state index is 0.0323. The number of aliphatic hydroxyl groups excluding tert-OH is 3. The number of imidazole rings is 1. The number of nitrogens with two attached hydrogens (primary N) is 1. The zero-order chi connectivity index (χ0) is 14.4. The molecule has 4 atom stereocenters. The Kier molecular flexibility index (Phi) is 3.01. The van der Waals surface area contributed by atoms with E-state index in [9.17, 15) is 14.6 Å². The van der Waals surface area contributed by atoms with Crippen molar-refractivity contribution in [2.75, 3.05) is 12.3 Å². The first kappa shape index (κ1) is 13.1. The van der Waals surface area contributed by atoms with Gasteiger partial charge in [-0.05, 0) is 0 Å². The van der Waals surface area contributed by atoms with Gasteiger partial charge in [0.15, 0.2) is 23.2 Å². The molecule has 20 heavy (non-hydrogen) atoms. The fraction of sp³-hybridized carbons (Fsp3) is 0.500. The Morgan fingerprint density at radius 2 is 2.10 bits per heavy atom. The van der Waals surface area contributed by atoms with Gasteiger partial charge < -0.3 is 25.8 Å². The highest BCUT2D eigenvalue weighted by Gasteiger charge is 2.44. The number of aromatic nitrogens is 4. The van der Waals surface area contributed by atoms with Crippen molar-refractivity contribution in [3.63, 3.8) is 0 Å². The number of anilines is 1. The lowest BCUT2D eigenvalue weighted by Crippen LogP contribution is -2.33. The van der Waals surface area contributed by atoms with Crippen molar-refractivity contribution in [3.05, 3.63) is 12.4 Å². The summed E-state index contributed by atoms with van der Waals surface area (Å²) in [5.41, 5.74) is 5.71. The van der Waals surface area contributed by atoms with E-state index in [1.54, 1.807) is 0 Å². The minimum Gasteiger partial charge on any atom is -0.394 e. The number of nitrogen functional groups attached to an aromatic ring is 1. The summed E-state index contributed by atoms with van der Waals surface area (Å²) in [4.78, 5) is 10.8. The Bertz CT molecular complexity index is 650. The SMILES string of the molecule is Nc1nc([18F])nc2c1ncn2[C@@H]1O[C@H](CO)[C@@H](O)[C@H]1O. The average molecular weight is 284 g/mol. The van der Waals surface area contributed by atoms with Gasteiger partial charge in [0.1, 0.15) is 18.3 Å². The standard InChI is InChI=1S/C10H12FN5O4/c11-10-14-7(12)4-8(15-10)16(2-13-4)9-6(19)5(18)3(1-17)20-9/h2-3,5-6,9,17-19H,1H2,(H2,12,14,15)/t3-,5-,6-,9-/m1/s1/i11-1. The van der Waals surface area contributed by atoms with Crippen LogP contribution in [0, 0.1) is 6.08 Å². The molecular weight excluding hydrogens is 272 g/mol. The van der Waals surface area contributed by atoms with Crippen molar-refractivity contribution in [2.45, 2.75) is 24.5 Å². The second-order valence-corrected chi connectivity index (χ2v) is 4.43. The van der Waals surface area contributed by atoms with Gasteiger partial charge in [0.05, 0.1) is 12.9 Å². The van der Waals surface area contributed by atoms with Crippen LogP contribution in [0.2, 0.25) is 0 Å². The molecule has 3 rings (SSSR count). The summed E-state index contributed by atoms with van der Waals surface area (Å²) in [6.45, 7) is -0.465. The normalized spacial score (nSPS) is 30.2. The van der Waals surface area contributed by atoms with Crippen LogP contribution in [0.15, 0.2) is 6.33 Å². The molecule has 10 heteroatoms. The summed E-state index contributed by atoms with van der Waals surface area (Å²) in [5.74, 6) is -0.141. The molecule has 0 amide bonds. The first-order valence-corrected chi connectivity index (χ1v) is 5.81. The number of hydrogen-bond donors (Lipinski definition) is 4. The third kappa shape index (κ3) is 1.81. The van der Waals surface area contributed by atoms with Crippen LogP contribution in [0.5, 0.6) is 0 Å². The summed E-state index contributed by atoms with van der Waals surface area (Å²) in [6.07, 6.45) is -4.38. The Hall–Kier alpha value is -1.88. The Morgan fingerprint density at radius 1 is 1.35 bits per heavy atom. The zero-order valence-electron chi connectivity index (χ0n) is 10.1. The van der Waals surface area contributed by atoms with Gasteiger partial charge in [0.2, 0.25) is 0 Å². The topological polar surface area (TPSA) is 140 Å². The molecule has 2 aromatic heterocycles. The van der Waals surface area contributed by atoms with Crippen molar-refractivity contribution >= 4 is 17.0 Å². The smallest absolute Gasteiger partial charge is 0.312 e. The molecule has 1 fully saturated rings. The molecule has 108 valence electrons. The lowest BCUT2D eigenvalue weighted by Gasteiger charge is -2.16. The van der Waals surface area contributed by atoms with E-state index in [1.807, 2.05) is 0 Å². The quantitative estimate of drug-likeness (QED) is 0.472. The zero-order valence-corrected chi connectivity index (χ0v) is 10.1. The summed E-state index contributed by atoms with van der Waals surface area (Å²) in [5, 5.41) is 28.7. The molecule has 0 unspecified atom stereocenters. The molecule has 0 aliphatic carbocycles. The Balaban J connectivity index is 2.07. The maximum Gasteiger partial charge on any atom is 0.312 e. The molecule has 9 nitrogen and oxygen atoms in total. The molecule has 5 N–H and O–H groups in total. The first-order valence-electron chi connectivity index (χ1n) is 5.81. The average Bonchev–Trinajstić information content (AvgIpc) is 2.93. The fourth-order valence-electron chi connectivity index (χ4n) is 2.21. The van der Waals surface area contributed by atoms with Gasteiger partial charge in [0, 0.05) is 0 Å². The molecule has 3 heterocycles. The highest BCUT2D eigenvalue weighted by atomic mass is 18.2. The van der Waals surface area contributed by atoms with Gasteiger partial charge in [-0.2, -0.15) is 14.4 Å². The highest BCUT2D eigenvalue weighted by molar-refractivity contribution is 5.81. The number of ether oxygens (including phenoxy) is 1. The highest BCUT2D eigenvalue weighted by Crippen LogP contribution is 2.31. The van der Waals surface area contributed by atoms with Gasteiger partial charge >= 0.3 is 6.08 Å². The predicted molar refractivity (Wildman–Crippen MR) is 62.7 cm³/mol. The number of hydrogen-bond acceptors (Lipinski definition) is 8. The predicted octanol–water partition coefficient (Wildman–Crippen LogP) is -1.84. The monoisotopic (exact) mass is 284 g/mol. The lowest BCUT2D eigenvalue weighted by atomic mass is 10.1. The summed E-state index contributed by atoms with van der Waals surface area (Å²) in [6, 6.07) is 0. The number of rotatable bonds is 2. The van der Waals surface area contributed by atoms with Gasteiger partial charge in [-0.1, -0.05) is 0 Å². The maximum absolute atomic E-state index is 13.2. The summed E-state index contributed by atoms with van der Waals surface area (Å²) >= 11 is 0. The molecule has 1 aliphatic heterocycles. The summed E-state index contributed by atoms with van der Waals surface area (Å²) in [7, 11) is 0. The molecular formula is C10H12FN5O4.